The molecule has 2 heteroatoms. The van der Waals surface area contributed by atoms with E-state index in [-0.39, 0.29) is 0 Å². The summed E-state index contributed by atoms with van der Waals surface area (Å²) in [4.78, 5) is 0. The molecule has 0 aliphatic heterocycles. The monoisotopic (exact) mass is 289 g/mol. The minimum absolute atomic E-state index is 0.541. The Morgan fingerprint density at radius 2 is 2.00 bits per heavy atom. The van der Waals surface area contributed by atoms with Crippen LogP contribution in [0.3, 0.4) is 0 Å². The van der Waals surface area contributed by atoms with Gasteiger partial charge in [-0.2, -0.15) is 0 Å². The molecule has 0 heterocycles. The van der Waals surface area contributed by atoms with Crippen LogP contribution in [-0.2, 0) is 6.42 Å². The molecule has 1 aromatic rings. The third-order valence-electron chi connectivity index (χ3n) is 4.79. The van der Waals surface area contributed by atoms with Gasteiger partial charge < -0.3 is 10.1 Å². The van der Waals surface area contributed by atoms with Crippen molar-refractivity contribution in [1.82, 2.24) is 5.32 Å². The Hall–Kier alpha value is -1.02. The topological polar surface area (TPSA) is 21.3 Å². The van der Waals surface area contributed by atoms with Gasteiger partial charge in [0, 0.05) is 6.04 Å². The van der Waals surface area contributed by atoms with Crippen molar-refractivity contribution in [2.24, 2.45) is 11.8 Å². The van der Waals surface area contributed by atoms with E-state index in [1.165, 1.54) is 37.7 Å². The lowest BCUT2D eigenvalue weighted by atomic mass is 9.81. The van der Waals surface area contributed by atoms with Crippen LogP contribution in [0.25, 0.3) is 0 Å². The largest absolute Gasteiger partial charge is 0.497 e. The van der Waals surface area contributed by atoms with Gasteiger partial charge in [-0.1, -0.05) is 38.3 Å². The quantitative estimate of drug-likeness (QED) is 0.801. The van der Waals surface area contributed by atoms with Crippen LogP contribution in [0.15, 0.2) is 24.3 Å². The zero-order valence-electron chi connectivity index (χ0n) is 13.9. The lowest BCUT2D eigenvalue weighted by Crippen LogP contribution is -2.30. The number of nitrogens with one attached hydrogen (secondary N) is 1. The molecule has 0 aromatic heterocycles. The lowest BCUT2D eigenvalue weighted by Gasteiger charge is -2.27. The second-order valence-corrected chi connectivity index (χ2v) is 6.83. The van der Waals surface area contributed by atoms with E-state index in [2.05, 4.69) is 31.3 Å². The second-order valence-electron chi connectivity index (χ2n) is 6.83. The molecule has 118 valence electrons. The van der Waals surface area contributed by atoms with Gasteiger partial charge in [0.05, 0.1) is 7.11 Å². The summed E-state index contributed by atoms with van der Waals surface area (Å²) in [6, 6.07) is 8.97. The highest BCUT2D eigenvalue weighted by Crippen LogP contribution is 2.30. The SMILES string of the molecule is COc1ccc(CC(C)NCCC2CCCC(C)C2)cc1. The van der Waals surface area contributed by atoms with Gasteiger partial charge in [0.25, 0.3) is 0 Å². The van der Waals surface area contributed by atoms with Gasteiger partial charge in [-0.05, 0) is 62.3 Å². The maximum atomic E-state index is 5.20. The number of benzene rings is 1. The fourth-order valence-electron chi connectivity index (χ4n) is 3.54. The van der Waals surface area contributed by atoms with Gasteiger partial charge in [0.1, 0.15) is 5.75 Å². The molecule has 21 heavy (non-hydrogen) atoms. The van der Waals surface area contributed by atoms with E-state index in [4.69, 9.17) is 4.74 Å². The minimum Gasteiger partial charge on any atom is -0.497 e. The van der Waals surface area contributed by atoms with Gasteiger partial charge >= 0.3 is 0 Å². The van der Waals surface area contributed by atoms with Crippen LogP contribution in [0.1, 0.15) is 51.5 Å². The van der Waals surface area contributed by atoms with Crippen molar-refractivity contribution in [2.75, 3.05) is 13.7 Å². The van der Waals surface area contributed by atoms with E-state index in [1.807, 2.05) is 12.1 Å². The van der Waals surface area contributed by atoms with Crippen molar-refractivity contribution in [3.63, 3.8) is 0 Å². The first-order chi connectivity index (χ1) is 10.2. The molecular formula is C19H31NO. The summed E-state index contributed by atoms with van der Waals surface area (Å²) >= 11 is 0. The number of hydrogen-bond acceptors (Lipinski definition) is 2. The normalized spacial score (nSPS) is 23.8. The molecular weight excluding hydrogens is 258 g/mol. The predicted molar refractivity (Wildman–Crippen MR) is 89.9 cm³/mol. The van der Waals surface area contributed by atoms with Gasteiger partial charge in [-0.15, -0.1) is 0 Å². The summed E-state index contributed by atoms with van der Waals surface area (Å²) < 4.78 is 5.20. The van der Waals surface area contributed by atoms with Crippen LogP contribution < -0.4 is 10.1 Å². The highest BCUT2D eigenvalue weighted by Gasteiger charge is 2.18. The molecule has 1 aliphatic rings. The first-order valence-corrected chi connectivity index (χ1v) is 8.53. The van der Waals surface area contributed by atoms with Crippen LogP contribution in [0.2, 0.25) is 0 Å². The van der Waals surface area contributed by atoms with Crippen molar-refractivity contribution in [2.45, 2.75) is 58.4 Å². The van der Waals surface area contributed by atoms with Gasteiger partial charge in [0.2, 0.25) is 0 Å². The molecule has 0 spiro atoms. The molecule has 0 amide bonds. The van der Waals surface area contributed by atoms with E-state index in [1.54, 1.807) is 7.11 Å². The molecule has 2 nitrogen and oxygen atoms in total. The second kappa shape index (κ2) is 8.43. The molecule has 1 saturated carbocycles. The first-order valence-electron chi connectivity index (χ1n) is 8.53. The Labute approximate surface area is 130 Å². The summed E-state index contributed by atoms with van der Waals surface area (Å²) in [5.41, 5.74) is 1.38. The third kappa shape index (κ3) is 5.70. The average Bonchev–Trinajstić information content (AvgIpc) is 2.48. The highest BCUT2D eigenvalue weighted by atomic mass is 16.5. The van der Waals surface area contributed by atoms with E-state index < -0.39 is 0 Å². The van der Waals surface area contributed by atoms with E-state index in [0.29, 0.717) is 6.04 Å². The fourth-order valence-corrected chi connectivity index (χ4v) is 3.54. The smallest absolute Gasteiger partial charge is 0.118 e. The van der Waals surface area contributed by atoms with Crippen LogP contribution in [-0.4, -0.2) is 19.7 Å². The van der Waals surface area contributed by atoms with Crippen LogP contribution in [0, 0.1) is 11.8 Å². The van der Waals surface area contributed by atoms with Crippen molar-refractivity contribution < 1.29 is 4.74 Å². The minimum atomic E-state index is 0.541. The number of hydrogen-bond donors (Lipinski definition) is 1. The van der Waals surface area contributed by atoms with Crippen molar-refractivity contribution in [3.05, 3.63) is 29.8 Å². The maximum absolute atomic E-state index is 5.20. The van der Waals surface area contributed by atoms with Gasteiger partial charge in [-0.25, -0.2) is 0 Å². The summed E-state index contributed by atoms with van der Waals surface area (Å²) in [5.74, 6) is 2.83. The standard InChI is InChI=1S/C19H31NO/c1-15-5-4-6-17(13-15)11-12-20-16(2)14-18-7-9-19(21-3)10-8-18/h7-10,15-17,20H,4-6,11-14H2,1-3H3. The molecule has 0 bridgehead atoms. The van der Waals surface area contributed by atoms with E-state index in [9.17, 15) is 0 Å². The predicted octanol–water partition coefficient (Wildman–Crippen LogP) is 4.43. The Balaban J connectivity index is 1.65. The third-order valence-corrected chi connectivity index (χ3v) is 4.79. The fraction of sp³-hybridized carbons (Fsp3) is 0.684. The molecule has 0 saturated heterocycles. The van der Waals surface area contributed by atoms with E-state index in [0.717, 1.165) is 30.6 Å². The highest BCUT2D eigenvalue weighted by molar-refractivity contribution is 5.27. The molecule has 3 atom stereocenters. The molecule has 3 unspecified atom stereocenters. The molecule has 0 radical (unpaired) electrons. The van der Waals surface area contributed by atoms with Crippen molar-refractivity contribution in [1.29, 1.82) is 0 Å². The van der Waals surface area contributed by atoms with Gasteiger partial charge in [0.15, 0.2) is 0 Å². The molecule has 1 aliphatic carbocycles. The summed E-state index contributed by atoms with van der Waals surface area (Å²) in [5, 5.41) is 3.69. The summed E-state index contributed by atoms with van der Waals surface area (Å²) in [6.45, 7) is 5.86. The van der Waals surface area contributed by atoms with E-state index >= 15 is 0 Å². The molecule has 2 rings (SSSR count). The zero-order chi connectivity index (χ0) is 15.1. The maximum Gasteiger partial charge on any atom is 0.118 e. The zero-order valence-corrected chi connectivity index (χ0v) is 13.9. The molecule has 1 fully saturated rings. The first kappa shape index (κ1) is 16.4. The summed E-state index contributed by atoms with van der Waals surface area (Å²) in [6.07, 6.45) is 8.20. The Morgan fingerprint density at radius 3 is 2.67 bits per heavy atom. The Morgan fingerprint density at radius 1 is 1.24 bits per heavy atom. The van der Waals surface area contributed by atoms with Gasteiger partial charge in [-0.3, -0.25) is 0 Å². The average molecular weight is 289 g/mol. The van der Waals surface area contributed by atoms with Crippen LogP contribution >= 0.6 is 0 Å². The Kier molecular flexibility index (Phi) is 6.56. The van der Waals surface area contributed by atoms with Crippen molar-refractivity contribution >= 4 is 0 Å². The Bertz CT molecular complexity index is 401. The van der Waals surface area contributed by atoms with Crippen LogP contribution in [0.5, 0.6) is 5.75 Å². The van der Waals surface area contributed by atoms with Crippen molar-refractivity contribution in [3.8, 4) is 5.75 Å². The number of ether oxygens (including phenoxy) is 1. The number of rotatable bonds is 7. The van der Waals surface area contributed by atoms with Crippen LogP contribution in [0.4, 0.5) is 0 Å². The summed E-state index contributed by atoms with van der Waals surface area (Å²) in [7, 11) is 1.71. The molecule has 1 aromatic carbocycles. The molecule has 1 N–H and O–H groups in total. The number of methoxy groups -OCH3 is 1. The lowest BCUT2D eigenvalue weighted by molar-refractivity contribution is 0.265.